The Balaban J connectivity index is 1.89. The number of aromatic nitrogens is 2. The number of anilines is 1. The van der Waals surface area contributed by atoms with Crippen LogP contribution in [-0.2, 0) is 0 Å². The quantitative estimate of drug-likeness (QED) is 0.759. The van der Waals surface area contributed by atoms with E-state index in [-0.39, 0.29) is 5.91 Å². The smallest absolute Gasteiger partial charge is 0.255 e. The third-order valence-corrected chi connectivity index (χ3v) is 3.52. The number of aromatic amines is 1. The lowest BCUT2D eigenvalue weighted by Gasteiger charge is -2.07. The number of fused-ring (bicyclic) bond motifs is 1. The third kappa shape index (κ3) is 2.37. The van der Waals surface area contributed by atoms with Crippen molar-refractivity contribution in [1.82, 2.24) is 10.2 Å². The summed E-state index contributed by atoms with van der Waals surface area (Å²) in [6, 6.07) is 12.9. The SMILES string of the molecule is O=C(Nc1ccccc1Br)c1ccc2cn[nH]c2c1. The molecule has 0 aliphatic rings. The Morgan fingerprint density at radius 2 is 2.05 bits per heavy atom. The van der Waals surface area contributed by atoms with E-state index in [0.717, 1.165) is 21.1 Å². The minimum absolute atomic E-state index is 0.150. The third-order valence-electron chi connectivity index (χ3n) is 2.83. The Morgan fingerprint density at radius 3 is 2.89 bits per heavy atom. The van der Waals surface area contributed by atoms with Crippen LogP contribution in [0.1, 0.15) is 10.4 Å². The molecule has 0 atom stereocenters. The lowest BCUT2D eigenvalue weighted by Crippen LogP contribution is -2.12. The molecule has 1 amide bonds. The highest BCUT2D eigenvalue weighted by Crippen LogP contribution is 2.22. The highest BCUT2D eigenvalue weighted by Gasteiger charge is 2.09. The fourth-order valence-corrected chi connectivity index (χ4v) is 2.22. The van der Waals surface area contributed by atoms with Gasteiger partial charge in [0, 0.05) is 15.4 Å². The largest absolute Gasteiger partial charge is 0.321 e. The first kappa shape index (κ1) is 11.9. The van der Waals surface area contributed by atoms with E-state index >= 15 is 0 Å². The highest BCUT2D eigenvalue weighted by atomic mass is 79.9. The summed E-state index contributed by atoms with van der Waals surface area (Å²) in [6.45, 7) is 0. The van der Waals surface area contributed by atoms with Gasteiger partial charge in [0.05, 0.1) is 17.4 Å². The van der Waals surface area contributed by atoms with Crippen molar-refractivity contribution in [3.8, 4) is 0 Å². The summed E-state index contributed by atoms with van der Waals surface area (Å²) < 4.78 is 0.853. The number of benzene rings is 2. The monoisotopic (exact) mass is 315 g/mol. The zero-order chi connectivity index (χ0) is 13.2. The van der Waals surface area contributed by atoms with E-state index in [0.29, 0.717) is 5.56 Å². The number of H-pyrrole nitrogens is 1. The molecule has 1 heterocycles. The summed E-state index contributed by atoms with van der Waals surface area (Å²) >= 11 is 3.40. The van der Waals surface area contributed by atoms with Crippen LogP contribution in [0.15, 0.2) is 53.1 Å². The van der Waals surface area contributed by atoms with Crippen LogP contribution in [0.25, 0.3) is 10.9 Å². The molecule has 3 aromatic rings. The fourth-order valence-electron chi connectivity index (χ4n) is 1.84. The summed E-state index contributed by atoms with van der Waals surface area (Å²) in [7, 11) is 0. The van der Waals surface area contributed by atoms with E-state index in [4.69, 9.17) is 0 Å². The minimum Gasteiger partial charge on any atom is -0.321 e. The van der Waals surface area contributed by atoms with Gasteiger partial charge in [-0.3, -0.25) is 9.89 Å². The van der Waals surface area contributed by atoms with Gasteiger partial charge < -0.3 is 5.32 Å². The summed E-state index contributed by atoms with van der Waals surface area (Å²) in [6.07, 6.45) is 1.73. The van der Waals surface area contributed by atoms with Gasteiger partial charge in [0.15, 0.2) is 0 Å². The van der Waals surface area contributed by atoms with Crippen LogP contribution >= 0.6 is 15.9 Å². The van der Waals surface area contributed by atoms with Gasteiger partial charge >= 0.3 is 0 Å². The number of hydrogen-bond donors (Lipinski definition) is 2. The maximum absolute atomic E-state index is 12.2. The molecule has 0 aliphatic heterocycles. The van der Waals surface area contributed by atoms with E-state index in [1.54, 1.807) is 18.3 Å². The van der Waals surface area contributed by atoms with Gasteiger partial charge in [-0.25, -0.2) is 0 Å². The van der Waals surface area contributed by atoms with Crippen molar-refractivity contribution in [3.63, 3.8) is 0 Å². The number of nitrogens with zero attached hydrogens (tertiary/aromatic N) is 1. The highest BCUT2D eigenvalue weighted by molar-refractivity contribution is 9.10. The molecule has 0 saturated carbocycles. The van der Waals surface area contributed by atoms with E-state index in [9.17, 15) is 4.79 Å². The molecule has 0 aliphatic carbocycles. The Bertz CT molecular complexity index is 751. The van der Waals surface area contributed by atoms with Crippen molar-refractivity contribution >= 4 is 38.4 Å². The first-order valence-corrected chi connectivity index (χ1v) is 6.52. The van der Waals surface area contributed by atoms with Crippen LogP contribution in [-0.4, -0.2) is 16.1 Å². The lowest BCUT2D eigenvalue weighted by molar-refractivity contribution is 0.102. The van der Waals surface area contributed by atoms with Crippen LogP contribution < -0.4 is 5.32 Å². The summed E-state index contributed by atoms with van der Waals surface area (Å²) in [5.41, 5.74) is 2.18. The zero-order valence-corrected chi connectivity index (χ0v) is 11.4. The zero-order valence-electron chi connectivity index (χ0n) is 9.85. The molecule has 0 bridgehead atoms. The first-order chi connectivity index (χ1) is 9.24. The average molecular weight is 316 g/mol. The number of carbonyl (C=O) groups is 1. The maximum atomic E-state index is 12.2. The van der Waals surface area contributed by atoms with Gasteiger partial charge in [-0.05, 0) is 40.2 Å². The molecule has 19 heavy (non-hydrogen) atoms. The van der Waals surface area contributed by atoms with E-state index in [2.05, 4.69) is 31.4 Å². The molecular weight excluding hydrogens is 306 g/mol. The normalized spacial score (nSPS) is 10.6. The molecule has 0 saturated heterocycles. The molecule has 1 aromatic heterocycles. The van der Waals surface area contributed by atoms with E-state index in [1.807, 2.05) is 30.3 Å². The van der Waals surface area contributed by atoms with Gasteiger partial charge in [0.25, 0.3) is 5.91 Å². The van der Waals surface area contributed by atoms with Gasteiger partial charge in [-0.2, -0.15) is 5.10 Å². The number of para-hydroxylation sites is 1. The number of amides is 1. The molecule has 3 rings (SSSR count). The Kier molecular flexibility index (Phi) is 3.05. The Morgan fingerprint density at radius 1 is 1.21 bits per heavy atom. The molecule has 0 radical (unpaired) electrons. The number of carbonyl (C=O) groups excluding carboxylic acids is 1. The van der Waals surface area contributed by atoms with Crippen molar-refractivity contribution in [2.45, 2.75) is 0 Å². The predicted molar refractivity (Wildman–Crippen MR) is 78.2 cm³/mol. The van der Waals surface area contributed by atoms with Gasteiger partial charge in [0.2, 0.25) is 0 Å². The molecule has 94 valence electrons. The van der Waals surface area contributed by atoms with E-state index in [1.165, 1.54) is 0 Å². The lowest BCUT2D eigenvalue weighted by atomic mass is 10.1. The molecule has 5 heteroatoms. The number of hydrogen-bond acceptors (Lipinski definition) is 2. The Hall–Kier alpha value is -2.14. The number of rotatable bonds is 2. The first-order valence-electron chi connectivity index (χ1n) is 5.73. The second-order valence-electron chi connectivity index (χ2n) is 4.11. The summed E-state index contributed by atoms with van der Waals surface area (Å²) in [5, 5.41) is 10.6. The van der Waals surface area contributed by atoms with Gasteiger partial charge in [0.1, 0.15) is 0 Å². The van der Waals surface area contributed by atoms with Crippen LogP contribution in [0.5, 0.6) is 0 Å². The van der Waals surface area contributed by atoms with Crippen LogP contribution in [0.4, 0.5) is 5.69 Å². The van der Waals surface area contributed by atoms with Crippen molar-refractivity contribution in [3.05, 3.63) is 58.7 Å². The molecule has 0 unspecified atom stereocenters. The average Bonchev–Trinajstić information content (AvgIpc) is 2.88. The van der Waals surface area contributed by atoms with Crippen LogP contribution in [0.2, 0.25) is 0 Å². The summed E-state index contributed by atoms with van der Waals surface area (Å²) in [4.78, 5) is 12.2. The van der Waals surface area contributed by atoms with Gasteiger partial charge in [-0.15, -0.1) is 0 Å². The molecule has 0 fully saturated rings. The van der Waals surface area contributed by atoms with E-state index < -0.39 is 0 Å². The predicted octanol–water partition coefficient (Wildman–Crippen LogP) is 3.58. The standard InChI is InChI=1S/C14H10BrN3O/c15-11-3-1-2-4-12(11)17-14(19)9-5-6-10-8-16-18-13(10)7-9/h1-8H,(H,16,18)(H,17,19). The molecule has 0 spiro atoms. The maximum Gasteiger partial charge on any atom is 0.255 e. The van der Waals surface area contributed by atoms with Crippen molar-refractivity contribution < 1.29 is 4.79 Å². The van der Waals surface area contributed by atoms with Crippen molar-refractivity contribution in [2.24, 2.45) is 0 Å². The molecule has 2 aromatic carbocycles. The minimum atomic E-state index is -0.150. The fraction of sp³-hybridized carbons (Fsp3) is 0. The van der Waals surface area contributed by atoms with Gasteiger partial charge in [-0.1, -0.05) is 18.2 Å². The second-order valence-corrected chi connectivity index (χ2v) is 4.96. The summed E-state index contributed by atoms with van der Waals surface area (Å²) in [5.74, 6) is -0.150. The topological polar surface area (TPSA) is 57.8 Å². The number of halogens is 1. The van der Waals surface area contributed by atoms with Crippen LogP contribution in [0, 0.1) is 0 Å². The molecular formula is C14H10BrN3O. The number of nitrogens with one attached hydrogen (secondary N) is 2. The Labute approximate surface area is 118 Å². The molecule has 4 nitrogen and oxygen atoms in total. The van der Waals surface area contributed by atoms with Crippen molar-refractivity contribution in [1.29, 1.82) is 0 Å². The van der Waals surface area contributed by atoms with Crippen molar-refractivity contribution in [2.75, 3.05) is 5.32 Å². The molecule has 2 N–H and O–H groups in total. The second kappa shape index (κ2) is 4.85. The van der Waals surface area contributed by atoms with Crippen LogP contribution in [0.3, 0.4) is 0 Å².